The number of pyridine rings is 1. The van der Waals surface area contributed by atoms with E-state index in [1.165, 1.54) is 0 Å². The van der Waals surface area contributed by atoms with Gasteiger partial charge in [0, 0.05) is 5.69 Å². The monoisotopic (exact) mass is 214 g/mol. The lowest BCUT2D eigenvalue weighted by Crippen LogP contribution is -2.03. The molecule has 0 saturated heterocycles. The number of hydrogen-bond acceptors (Lipinski definition) is 2. The topological polar surface area (TPSA) is 36.7 Å². The third kappa shape index (κ3) is 2.30. The number of nitriles is 1. The molecule has 16 heavy (non-hydrogen) atoms. The fourth-order valence-corrected chi connectivity index (χ4v) is 1.63. The van der Waals surface area contributed by atoms with E-state index in [-0.39, 0.29) is 0 Å². The molecule has 0 amide bonds. The van der Waals surface area contributed by atoms with E-state index < -0.39 is 0 Å². The van der Waals surface area contributed by atoms with Crippen LogP contribution < -0.4 is 0 Å². The summed E-state index contributed by atoms with van der Waals surface area (Å²) >= 11 is 0. The van der Waals surface area contributed by atoms with E-state index in [2.05, 4.69) is 45.3 Å². The molecule has 1 aromatic heterocycles. The predicted octanol–water partition coefficient (Wildman–Crippen LogP) is 3.84. The molecule has 84 valence electrons. The number of aromatic nitrogens is 1. The molecule has 2 heteroatoms. The van der Waals surface area contributed by atoms with Crippen LogP contribution in [0, 0.1) is 11.3 Å². The summed E-state index contributed by atoms with van der Waals surface area (Å²) in [6.45, 7) is 12.1. The van der Waals surface area contributed by atoms with Crippen LogP contribution in [0.4, 0.5) is 0 Å². The van der Waals surface area contributed by atoms with Gasteiger partial charge in [-0.15, -0.1) is 0 Å². The average molecular weight is 214 g/mol. The molecule has 0 radical (unpaired) electrons. The first-order valence-corrected chi connectivity index (χ1v) is 5.58. The molecule has 0 aromatic carbocycles. The van der Waals surface area contributed by atoms with Crippen molar-refractivity contribution in [3.63, 3.8) is 0 Å². The van der Waals surface area contributed by atoms with Crippen LogP contribution in [0.15, 0.2) is 12.6 Å². The quantitative estimate of drug-likeness (QED) is 0.766. The molecule has 1 aromatic rings. The van der Waals surface area contributed by atoms with Gasteiger partial charge in [0.1, 0.15) is 6.07 Å². The summed E-state index contributed by atoms with van der Waals surface area (Å²) in [5, 5.41) is 9.17. The van der Waals surface area contributed by atoms with Gasteiger partial charge < -0.3 is 0 Å². The molecule has 0 bridgehead atoms. The molecule has 0 aliphatic heterocycles. The lowest BCUT2D eigenvalue weighted by Gasteiger charge is -2.14. The number of hydrogen-bond donors (Lipinski definition) is 0. The second kappa shape index (κ2) is 4.94. The molecule has 1 heterocycles. The SMILES string of the molecule is C=Cc1nc(C(C)C)cc(C(C)C)c1C#N. The van der Waals surface area contributed by atoms with E-state index >= 15 is 0 Å². The molecular formula is C14H18N2. The van der Waals surface area contributed by atoms with Crippen molar-refractivity contribution in [2.45, 2.75) is 39.5 Å². The van der Waals surface area contributed by atoms with Gasteiger partial charge in [0.25, 0.3) is 0 Å². The molecule has 0 saturated carbocycles. The second-order valence-electron chi connectivity index (χ2n) is 4.52. The normalized spacial score (nSPS) is 10.6. The fourth-order valence-electron chi connectivity index (χ4n) is 1.63. The zero-order valence-electron chi connectivity index (χ0n) is 10.4. The van der Waals surface area contributed by atoms with E-state index in [9.17, 15) is 5.26 Å². The third-order valence-electron chi connectivity index (χ3n) is 2.62. The van der Waals surface area contributed by atoms with Crippen molar-refractivity contribution in [2.75, 3.05) is 0 Å². The van der Waals surface area contributed by atoms with Gasteiger partial charge >= 0.3 is 0 Å². The lowest BCUT2D eigenvalue weighted by molar-refractivity contribution is 0.794. The Morgan fingerprint density at radius 1 is 1.31 bits per heavy atom. The Morgan fingerprint density at radius 3 is 2.31 bits per heavy atom. The van der Waals surface area contributed by atoms with E-state index in [1.54, 1.807) is 6.08 Å². The largest absolute Gasteiger partial charge is 0.252 e. The Labute approximate surface area is 97.6 Å². The summed E-state index contributed by atoms with van der Waals surface area (Å²) in [7, 11) is 0. The first kappa shape index (κ1) is 12.4. The van der Waals surface area contributed by atoms with Gasteiger partial charge in [0.05, 0.1) is 11.3 Å². The molecule has 0 atom stereocenters. The van der Waals surface area contributed by atoms with Crippen LogP contribution in [-0.2, 0) is 0 Å². The summed E-state index contributed by atoms with van der Waals surface area (Å²) < 4.78 is 0. The van der Waals surface area contributed by atoms with Crippen molar-refractivity contribution in [3.8, 4) is 6.07 Å². The predicted molar refractivity (Wildman–Crippen MR) is 67.2 cm³/mol. The molecule has 0 unspecified atom stereocenters. The minimum absolute atomic E-state index is 0.328. The smallest absolute Gasteiger partial charge is 0.102 e. The molecule has 0 aliphatic rings. The van der Waals surface area contributed by atoms with Gasteiger partial charge in [-0.3, -0.25) is 4.98 Å². The van der Waals surface area contributed by atoms with Gasteiger partial charge in [-0.25, -0.2) is 0 Å². The maximum absolute atomic E-state index is 9.17. The zero-order chi connectivity index (χ0) is 12.3. The van der Waals surface area contributed by atoms with Gasteiger partial charge in [-0.1, -0.05) is 34.3 Å². The maximum atomic E-state index is 9.17. The Morgan fingerprint density at radius 2 is 1.94 bits per heavy atom. The van der Waals surface area contributed by atoms with E-state index in [0.717, 1.165) is 11.3 Å². The van der Waals surface area contributed by atoms with E-state index in [1.807, 2.05) is 6.07 Å². The summed E-state index contributed by atoms with van der Waals surface area (Å²) in [6, 6.07) is 4.27. The van der Waals surface area contributed by atoms with Crippen LogP contribution >= 0.6 is 0 Å². The average Bonchev–Trinajstić information content (AvgIpc) is 2.26. The van der Waals surface area contributed by atoms with Crippen molar-refractivity contribution in [1.82, 2.24) is 4.98 Å². The molecule has 2 nitrogen and oxygen atoms in total. The first-order chi connectivity index (χ1) is 7.51. The van der Waals surface area contributed by atoms with Crippen molar-refractivity contribution in [1.29, 1.82) is 5.26 Å². The van der Waals surface area contributed by atoms with Crippen molar-refractivity contribution in [3.05, 3.63) is 35.2 Å². The van der Waals surface area contributed by atoms with E-state index in [4.69, 9.17) is 0 Å². The standard InChI is InChI=1S/C14H18N2/c1-6-13-12(8-15)11(9(2)3)7-14(16-13)10(4)5/h6-7,9-10H,1H2,2-5H3. The van der Waals surface area contributed by atoms with Crippen molar-refractivity contribution in [2.24, 2.45) is 0 Å². The highest BCUT2D eigenvalue weighted by Crippen LogP contribution is 2.25. The summed E-state index contributed by atoms with van der Waals surface area (Å²) in [4.78, 5) is 4.46. The number of nitrogens with zero attached hydrogens (tertiary/aromatic N) is 2. The minimum atomic E-state index is 0.328. The fraction of sp³-hybridized carbons (Fsp3) is 0.429. The van der Waals surface area contributed by atoms with Crippen LogP contribution in [0.25, 0.3) is 6.08 Å². The summed E-state index contributed by atoms with van der Waals surface area (Å²) in [6.07, 6.45) is 1.66. The molecule has 0 spiro atoms. The van der Waals surface area contributed by atoms with E-state index in [0.29, 0.717) is 23.1 Å². The molecular weight excluding hydrogens is 196 g/mol. The van der Waals surface area contributed by atoms with Crippen LogP contribution in [0.2, 0.25) is 0 Å². The molecule has 1 rings (SSSR count). The number of rotatable bonds is 3. The van der Waals surface area contributed by atoms with Crippen LogP contribution in [0.1, 0.15) is 62.0 Å². The highest BCUT2D eigenvalue weighted by Gasteiger charge is 2.14. The summed E-state index contributed by atoms with van der Waals surface area (Å²) in [5.74, 6) is 0.692. The highest BCUT2D eigenvalue weighted by atomic mass is 14.7. The molecule has 0 aliphatic carbocycles. The van der Waals surface area contributed by atoms with Gasteiger partial charge in [-0.05, 0) is 29.5 Å². The summed E-state index contributed by atoms with van der Waals surface area (Å²) in [5.41, 5.74) is 3.46. The first-order valence-electron chi connectivity index (χ1n) is 5.58. The highest BCUT2D eigenvalue weighted by molar-refractivity contribution is 5.57. The van der Waals surface area contributed by atoms with Crippen molar-refractivity contribution < 1.29 is 0 Å². The van der Waals surface area contributed by atoms with Gasteiger partial charge in [-0.2, -0.15) is 5.26 Å². The Bertz CT molecular complexity index is 437. The Balaban J connectivity index is 3.51. The van der Waals surface area contributed by atoms with Crippen LogP contribution in [-0.4, -0.2) is 4.98 Å². The molecule has 0 fully saturated rings. The minimum Gasteiger partial charge on any atom is -0.252 e. The Kier molecular flexibility index (Phi) is 3.84. The van der Waals surface area contributed by atoms with Gasteiger partial charge in [0.15, 0.2) is 0 Å². The molecule has 0 N–H and O–H groups in total. The zero-order valence-corrected chi connectivity index (χ0v) is 10.4. The van der Waals surface area contributed by atoms with Crippen LogP contribution in [0.5, 0.6) is 0 Å². The maximum Gasteiger partial charge on any atom is 0.102 e. The lowest BCUT2D eigenvalue weighted by atomic mass is 9.94. The Hall–Kier alpha value is -1.62. The third-order valence-corrected chi connectivity index (χ3v) is 2.62. The second-order valence-corrected chi connectivity index (χ2v) is 4.52. The van der Waals surface area contributed by atoms with Gasteiger partial charge in [0.2, 0.25) is 0 Å². The van der Waals surface area contributed by atoms with Crippen molar-refractivity contribution >= 4 is 6.08 Å². The van der Waals surface area contributed by atoms with Crippen LogP contribution in [0.3, 0.4) is 0 Å².